The lowest BCUT2D eigenvalue weighted by Gasteiger charge is -2.38. The van der Waals surface area contributed by atoms with Gasteiger partial charge < -0.3 is 38.1 Å². The maximum absolute atomic E-state index is 14.4. The average Bonchev–Trinajstić information content (AvgIpc) is 3.57. The molecule has 0 atom stereocenters. The first kappa shape index (κ1) is 41.6. The van der Waals surface area contributed by atoms with Crippen molar-refractivity contribution in [2.24, 2.45) is 0 Å². The number of hydrogen-bond acceptors (Lipinski definition) is 11. The number of piperidine rings is 1. The van der Waals surface area contributed by atoms with E-state index in [1.54, 1.807) is 22.2 Å². The van der Waals surface area contributed by atoms with Crippen LogP contribution in [0.2, 0.25) is 0 Å². The molecule has 2 aromatic heterocycles. The van der Waals surface area contributed by atoms with Crippen molar-refractivity contribution >= 4 is 54.5 Å². The summed E-state index contributed by atoms with van der Waals surface area (Å²) in [6, 6.07) is 7.67. The van der Waals surface area contributed by atoms with Gasteiger partial charge in [0, 0.05) is 30.3 Å². The van der Waals surface area contributed by atoms with Gasteiger partial charge in [-0.2, -0.15) is 0 Å². The number of nitrogens with zero attached hydrogens (tertiary/aromatic N) is 5. The van der Waals surface area contributed by atoms with Gasteiger partial charge in [0.2, 0.25) is 5.91 Å². The Balaban J connectivity index is 1.16. The summed E-state index contributed by atoms with van der Waals surface area (Å²) >= 11 is 3.53. The molecule has 0 bridgehead atoms. The number of aryl methyl sites for hydroxylation is 1. The number of carbonyl (C=O) groups is 2. The van der Waals surface area contributed by atoms with Crippen LogP contribution in [0.3, 0.4) is 0 Å². The maximum Gasteiger partial charge on any atom is 0.410 e. The quantitative estimate of drug-likeness (QED) is 0.124. The Labute approximate surface area is 325 Å². The van der Waals surface area contributed by atoms with Gasteiger partial charge in [-0.15, -0.1) is 6.42 Å². The predicted octanol–water partition coefficient (Wildman–Crippen LogP) is 4.51. The molecule has 14 nitrogen and oxygen atoms in total. The van der Waals surface area contributed by atoms with Crippen LogP contribution in [0.5, 0.6) is 0 Å². The van der Waals surface area contributed by atoms with Crippen LogP contribution in [0.25, 0.3) is 11.0 Å². The molecule has 1 saturated heterocycles. The number of benzene rings is 1. The first-order chi connectivity index (χ1) is 25.8. The molecule has 16 heteroatoms. The van der Waals surface area contributed by atoms with Gasteiger partial charge in [-0.05, 0) is 69.9 Å². The summed E-state index contributed by atoms with van der Waals surface area (Å²) in [5.41, 5.74) is 1.77. The molecule has 0 unspecified atom stereocenters. The van der Waals surface area contributed by atoms with Crippen LogP contribution in [-0.4, -0.2) is 123 Å². The highest BCUT2D eigenvalue weighted by atomic mass is 79.9. The molecule has 2 aliphatic heterocycles. The van der Waals surface area contributed by atoms with E-state index in [9.17, 15) is 18.0 Å². The highest BCUT2D eigenvalue weighted by Gasteiger charge is 2.53. The zero-order valence-corrected chi connectivity index (χ0v) is 33.7. The number of halogens is 1. The van der Waals surface area contributed by atoms with Crippen LogP contribution in [0.15, 0.2) is 41.1 Å². The average molecular weight is 833 g/mol. The fourth-order valence-corrected chi connectivity index (χ4v) is 8.21. The van der Waals surface area contributed by atoms with Crippen LogP contribution < -0.4 is 4.90 Å². The minimum atomic E-state index is -3.39. The minimum Gasteiger partial charge on any atom is -0.444 e. The molecule has 0 aliphatic carbocycles. The highest BCUT2D eigenvalue weighted by molar-refractivity contribution is 9.10. The van der Waals surface area contributed by atoms with Gasteiger partial charge >= 0.3 is 6.09 Å². The molecule has 0 radical (unpaired) electrons. The van der Waals surface area contributed by atoms with E-state index in [2.05, 4.69) is 26.8 Å². The summed E-state index contributed by atoms with van der Waals surface area (Å²) in [5, 5.41) is 0. The number of sulfone groups is 1. The number of amides is 2. The maximum atomic E-state index is 14.4. The number of ether oxygens (including phenoxy) is 5. The summed E-state index contributed by atoms with van der Waals surface area (Å²) in [4.78, 5) is 40.0. The van der Waals surface area contributed by atoms with E-state index in [-0.39, 0.29) is 49.9 Å². The van der Waals surface area contributed by atoms with Crippen LogP contribution in [0.4, 0.5) is 10.5 Å². The van der Waals surface area contributed by atoms with Crippen molar-refractivity contribution in [2.75, 3.05) is 82.4 Å². The fourth-order valence-electron chi connectivity index (χ4n) is 6.71. The summed E-state index contributed by atoms with van der Waals surface area (Å²) < 4.78 is 55.8. The zero-order valence-electron chi connectivity index (χ0n) is 31.3. The Morgan fingerprint density at radius 3 is 2.31 bits per heavy atom. The number of carbonyl (C=O) groups excluding carboxylic acids is 2. The number of aromatic nitrogens is 3. The molecule has 4 heterocycles. The number of anilines is 1. The first-order valence-electron chi connectivity index (χ1n) is 18.2. The third-order valence-corrected chi connectivity index (χ3v) is 11.5. The second-order valence-electron chi connectivity index (χ2n) is 14.2. The summed E-state index contributed by atoms with van der Waals surface area (Å²) in [5.74, 6) is 2.84. The summed E-state index contributed by atoms with van der Waals surface area (Å²) in [6.45, 7) is 9.43. The molecule has 1 spiro atoms. The monoisotopic (exact) mass is 831 g/mol. The number of hydrogen-bond donors (Lipinski definition) is 0. The van der Waals surface area contributed by atoms with Crippen LogP contribution in [0.1, 0.15) is 51.4 Å². The topological polar surface area (TPSA) is 152 Å². The SMILES string of the molecule is C#CCOCCOCCOCCOCCS(=O)(=O)CCCn1c(CN2C(=O)C3(CCN(C(=O)OC(C)(C)C)CC3)c3ccncc32)nc2cc(Br)ccc21. The van der Waals surface area contributed by atoms with E-state index in [0.29, 0.717) is 77.8 Å². The number of pyridine rings is 1. The molecule has 0 N–H and O–H groups in total. The van der Waals surface area contributed by atoms with Crippen molar-refractivity contribution in [1.29, 1.82) is 0 Å². The number of imidazole rings is 1. The van der Waals surface area contributed by atoms with Crippen LogP contribution in [0, 0.1) is 12.3 Å². The lowest BCUT2D eigenvalue weighted by molar-refractivity contribution is -0.125. The lowest BCUT2D eigenvalue weighted by atomic mass is 9.74. The van der Waals surface area contributed by atoms with Gasteiger partial charge in [0.1, 0.15) is 18.0 Å². The molecule has 1 fully saturated rings. The normalized spacial score (nSPS) is 15.6. The third-order valence-electron chi connectivity index (χ3n) is 9.30. The van der Waals surface area contributed by atoms with E-state index in [1.807, 2.05) is 49.6 Å². The second kappa shape index (κ2) is 18.8. The molecule has 54 heavy (non-hydrogen) atoms. The Hall–Kier alpha value is -3.59. The van der Waals surface area contributed by atoms with Gasteiger partial charge in [-0.3, -0.25) is 9.78 Å². The van der Waals surface area contributed by atoms with Crippen molar-refractivity contribution < 1.29 is 41.7 Å². The van der Waals surface area contributed by atoms with E-state index < -0.39 is 20.9 Å². The Morgan fingerprint density at radius 2 is 1.65 bits per heavy atom. The molecule has 1 aromatic carbocycles. The Kier molecular flexibility index (Phi) is 14.5. The van der Waals surface area contributed by atoms with Gasteiger partial charge in [0.05, 0.1) is 92.6 Å². The summed E-state index contributed by atoms with van der Waals surface area (Å²) in [7, 11) is -3.39. The third kappa shape index (κ3) is 10.8. The van der Waals surface area contributed by atoms with Gasteiger partial charge in [-0.1, -0.05) is 21.9 Å². The number of terminal acetylenes is 1. The Bertz CT molecular complexity index is 1900. The van der Waals surface area contributed by atoms with E-state index in [0.717, 1.165) is 26.8 Å². The number of fused-ring (bicyclic) bond motifs is 3. The second-order valence-corrected chi connectivity index (χ2v) is 17.5. The molecule has 2 amide bonds. The predicted molar refractivity (Wildman–Crippen MR) is 207 cm³/mol. The van der Waals surface area contributed by atoms with Gasteiger partial charge in [0.25, 0.3) is 0 Å². The molecule has 5 rings (SSSR count). The molecule has 3 aromatic rings. The molecular weight excluding hydrogens is 782 g/mol. The van der Waals surface area contributed by atoms with E-state index in [4.69, 9.17) is 35.1 Å². The van der Waals surface area contributed by atoms with E-state index in [1.165, 1.54) is 0 Å². The molecule has 2 aliphatic rings. The van der Waals surface area contributed by atoms with Gasteiger partial charge in [-0.25, -0.2) is 18.2 Å². The highest BCUT2D eigenvalue weighted by Crippen LogP contribution is 2.48. The van der Waals surface area contributed by atoms with E-state index >= 15 is 0 Å². The largest absolute Gasteiger partial charge is 0.444 e. The zero-order chi connectivity index (χ0) is 38.8. The minimum absolute atomic E-state index is 0.0302. The van der Waals surface area contributed by atoms with Crippen LogP contribution in [-0.2, 0) is 56.8 Å². The molecule has 0 saturated carbocycles. The molecule has 294 valence electrons. The number of rotatable bonds is 19. The van der Waals surface area contributed by atoms with Crippen LogP contribution >= 0.6 is 15.9 Å². The Morgan fingerprint density at radius 1 is 0.981 bits per heavy atom. The first-order valence-corrected chi connectivity index (χ1v) is 20.8. The van der Waals surface area contributed by atoms with Crippen molar-refractivity contribution in [2.45, 2.75) is 64.1 Å². The number of likely N-dealkylation sites (tertiary alicyclic amines) is 1. The van der Waals surface area contributed by atoms with Crippen molar-refractivity contribution in [3.63, 3.8) is 0 Å². The van der Waals surface area contributed by atoms with Crippen molar-refractivity contribution in [3.05, 3.63) is 52.5 Å². The molecular formula is C38H50BrN5O9S. The van der Waals surface area contributed by atoms with Gasteiger partial charge in [0.15, 0.2) is 9.84 Å². The lowest BCUT2D eigenvalue weighted by Crippen LogP contribution is -2.51. The fraction of sp³-hybridized carbons (Fsp3) is 0.579. The summed E-state index contributed by atoms with van der Waals surface area (Å²) in [6.07, 6.45) is 9.40. The smallest absolute Gasteiger partial charge is 0.410 e. The van der Waals surface area contributed by atoms with Crippen molar-refractivity contribution in [1.82, 2.24) is 19.4 Å². The standard InChI is InChI=1S/C38H50BrN5O9S/c1-5-16-49-17-18-50-19-20-51-21-22-52-23-25-54(47,48)24-6-13-43-32-8-7-29(39)26-31(32)41-34(43)28-44-33-27-40-12-9-30(33)38(35(44)45)10-14-42(15-11-38)36(46)53-37(2,3)4/h1,7-9,12,26-27H,6,10-11,13-25,28H2,2-4H3. The van der Waals surface area contributed by atoms with Crippen molar-refractivity contribution in [3.8, 4) is 12.3 Å².